The average Bonchev–Trinajstić information content (AvgIpc) is 3.25. The number of aromatic amines is 1. The van der Waals surface area contributed by atoms with Gasteiger partial charge in [0.25, 0.3) is 15.9 Å². The van der Waals surface area contributed by atoms with Crippen molar-refractivity contribution in [2.75, 3.05) is 18.4 Å². The van der Waals surface area contributed by atoms with E-state index in [-0.39, 0.29) is 16.2 Å². The Morgan fingerprint density at radius 2 is 2.23 bits per heavy atom. The maximum absolute atomic E-state index is 14.8. The summed E-state index contributed by atoms with van der Waals surface area (Å²) in [6.45, 7) is -0.483. The number of ether oxygens (including phenoxy) is 1. The number of H-pyrrole nitrogens is 1. The van der Waals surface area contributed by atoms with Crippen LogP contribution < -0.4 is 14.8 Å². The summed E-state index contributed by atoms with van der Waals surface area (Å²) in [5.74, 6) is -1.77. The van der Waals surface area contributed by atoms with Gasteiger partial charge >= 0.3 is 0 Å². The number of sulfonamides is 1. The molecule has 138 valence electrons. The van der Waals surface area contributed by atoms with E-state index in [1.54, 1.807) is 7.05 Å². The molecule has 0 unspecified atom stereocenters. The summed E-state index contributed by atoms with van der Waals surface area (Å²) in [6.07, 6.45) is 2.84. The maximum atomic E-state index is 14.8. The van der Waals surface area contributed by atoms with E-state index in [2.05, 4.69) is 20.0 Å². The SMILES string of the molecule is CNC(=O)COc1c(NS(=O)(=O)c2ccc[nH]2)cc2c(ncn2C)c1F. The molecule has 3 N–H and O–H groups in total. The molecular weight excluding hydrogens is 365 g/mol. The molecule has 1 amide bonds. The highest BCUT2D eigenvalue weighted by molar-refractivity contribution is 7.92. The van der Waals surface area contributed by atoms with Gasteiger partial charge in [0.15, 0.2) is 23.2 Å². The molecule has 26 heavy (non-hydrogen) atoms. The molecule has 0 atom stereocenters. The third-order valence-electron chi connectivity index (χ3n) is 3.65. The number of fused-ring (bicyclic) bond motifs is 1. The number of nitrogens with one attached hydrogen (secondary N) is 3. The van der Waals surface area contributed by atoms with E-state index in [9.17, 15) is 17.6 Å². The zero-order valence-electron chi connectivity index (χ0n) is 13.9. The molecule has 2 aromatic heterocycles. The molecule has 0 saturated heterocycles. The highest BCUT2D eigenvalue weighted by Gasteiger charge is 2.23. The molecule has 11 heteroatoms. The van der Waals surface area contributed by atoms with E-state index in [0.29, 0.717) is 5.52 Å². The minimum atomic E-state index is -4.00. The number of carbonyl (C=O) groups is 1. The van der Waals surface area contributed by atoms with E-state index in [1.807, 2.05) is 0 Å². The van der Waals surface area contributed by atoms with Crippen LogP contribution in [-0.2, 0) is 21.9 Å². The Morgan fingerprint density at radius 1 is 1.46 bits per heavy atom. The topological polar surface area (TPSA) is 118 Å². The number of aryl methyl sites for hydroxylation is 1. The number of nitrogens with zero attached hydrogens (tertiary/aromatic N) is 2. The van der Waals surface area contributed by atoms with Crippen molar-refractivity contribution in [3.8, 4) is 5.75 Å². The lowest BCUT2D eigenvalue weighted by Crippen LogP contribution is -2.25. The van der Waals surface area contributed by atoms with E-state index in [4.69, 9.17) is 4.74 Å². The zero-order chi connectivity index (χ0) is 18.9. The van der Waals surface area contributed by atoms with Gasteiger partial charge < -0.3 is 19.6 Å². The van der Waals surface area contributed by atoms with Crippen LogP contribution in [0.25, 0.3) is 11.0 Å². The first-order valence-corrected chi connectivity index (χ1v) is 8.95. The molecule has 3 rings (SSSR count). The third kappa shape index (κ3) is 3.20. The van der Waals surface area contributed by atoms with Crippen molar-refractivity contribution in [3.63, 3.8) is 0 Å². The molecule has 0 aliphatic heterocycles. The van der Waals surface area contributed by atoms with E-state index in [0.717, 1.165) is 0 Å². The summed E-state index contributed by atoms with van der Waals surface area (Å²) in [4.78, 5) is 17.9. The number of hydrogen-bond donors (Lipinski definition) is 3. The Hall–Kier alpha value is -3.08. The molecule has 3 aromatic rings. The van der Waals surface area contributed by atoms with Gasteiger partial charge in [0.05, 0.1) is 17.5 Å². The molecule has 0 aliphatic carbocycles. The minimum Gasteiger partial charge on any atom is -0.478 e. The molecule has 2 heterocycles. The van der Waals surface area contributed by atoms with Crippen molar-refractivity contribution in [3.05, 3.63) is 36.5 Å². The Labute approximate surface area is 148 Å². The fourth-order valence-electron chi connectivity index (χ4n) is 2.31. The Bertz CT molecular complexity index is 1060. The van der Waals surface area contributed by atoms with Crippen LogP contribution in [0.3, 0.4) is 0 Å². The zero-order valence-corrected chi connectivity index (χ0v) is 14.7. The number of amides is 1. The van der Waals surface area contributed by atoms with Crippen LogP contribution in [0.1, 0.15) is 0 Å². The molecule has 0 fully saturated rings. The molecule has 1 aromatic carbocycles. The second kappa shape index (κ2) is 6.67. The highest BCUT2D eigenvalue weighted by Crippen LogP contribution is 2.35. The molecule has 9 nitrogen and oxygen atoms in total. The highest BCUT2D eigenvalue weighted by atomic mass is 32.2. The van der Waals surface area contributed by atoms with Crippen LogP contribution in [0.2, 0.25) is 0 Å². The average molecular weight is 381 g/mol. The number of likely N-dealkylation sites (N-methyl/N-ethyl adjacent to an activating group) is 1. The van der Waals surface area contributed by atoms with Crippen molar-refractivity contribution in [2.24, 2.45) is 7.05 Å². The van der Waals surface area contributed by atoms with E-state index >= 15 is 0 Å². The van der Waals surface area contributed by atoms with E-state index in [1.165, 1.54) is 42.3 Å². The maximum Gasteiger partial charge on any atom is 0.277 e. The van der Waals surface area contributed by atoms with Gasteiger partial charge in [-0.15, -0.1) is 0 Å². The minimum absolute atomic E-state index is 0.00206. The lowest BCUT2D eigenvalue weighted by atomic mass is 10.2. The number of halogens is 1. The number of rotatable bonds is 6. The quantitative estimate of drug-likeness (QED) is 0.588. The van der Waals surface area contributed by atoms with Gasteiger partial charge in [-0.3, -0.25) is 9.52 Å². The summed E-state index contributed by atoms with van der Waals surface area (Å²) in [5.41, 5.74) is 0.221. The van der Waals surface area contributed by atoms with Crippen molar-refractivity contribution in [1.29, 1.82) is 0 Å². The standard InChI is InChI=1S/C15H16FN5O4S/c1-17-11(22)7-25-15-9(20-26(23,24)12-4-3-5-18-12)6-10-14(13(15)16)19-8-21(10)2/h3-6,8,18,20H,7H2,1-2H3,(H,17,22). The molecule has 0 saturated carbocycles. The van der Waals surface area contributed by atoms with Crippen molar-refractivity contribution < 1.29 is 22.3 Å². The first kappa shape index (κ1) is 17.7. The van der Waals surface area contributed by atoms with Crippen LogP contribution >= 0.6 is 0 Å². The van der Waals surface area contributed by atoms with Crippen LogP contribution in [0.15, 0.2) is 35.7 Å². The largest absolute Gasteiger partial charge is 0.478 e. The summed E-state index contributed by atoms with van der Waals surface area (Å²) >= 11 is 0. The fraction of sp³-hybridized carbons (Fsp3) is 0.200. The number of aromatic nitrogens is 3. The Balaban J connectivity index is 2.09. The second-order valence-corrected chi connectivity index (χ2v) is 7.04. The normalized spacial score (nSPS) is 11.5. The van der Waals surface area contributed by atoms with Gasteiger partial charge in [0.2, 0.25) is 0 Å². The van der Waals surface area contributed by atoms with Gasteiger partial charge in [0.1, 0.15) is 5.52 Å². The van der Waals surface area contributed by atoms with Gasteiger partial charge in [-0.05, 0) is 18.2 Å². The van der Waals surface area contributed by atoms with Crippen LogP contribution in [0, 0.1) is 5.82 Å². The summed E-state index contributed by atoms with van der Waals surface area (Å²) in [5, 5.41) is 2.24. The summed E-state index contributed by atoms with van der Waals surface area (Å²) in [7, 11) is -0.957. The number of carbonyl (C=O) groups excluding carboxylic acids is 1. The fourth-order valence-corrected chi connectivity index (χ4v) is 3.35. The van der Waals surface area contributed by atoms with Crippen LogP contribution in [0.4, 0.5) is 10.1 Å². The lowest BCUT2D eigenvalue weighted by molar-refractivity contribution is -0.122. The molecule has 0 radical (unpaired) electrons. The number of anilines is 1. The van der Waals surface area contributed by atoms with Crippen LogP contribution in [-0.4, -0.2) is 42.5 Å². The predicted octanol–water partition coefficient (Wildman–Crippen LogP) is 0.966. The van der Waals surface area contributed by atoms with Crippen molar-refractivity contribution in [1.82, 2.24) is 19.9 Å². The van der Waals surface area contributed by atoms with Gasteiger partial charge in [-0.1, -0.05) is 0 Å². The number of imidazole rings is 1. The lowest BCUT2D eigenvalue weighted by Gasteiger charge is -2.14. The summed E-state index contributed by atoms with van der Waals surface area (Å²) in [6, 6.07) is 4.26. The number of benzene rings is 1. The third-order valence-corrected chi connectivity index (χ3v) is 4.97. The van der Waals surface area contributed by atoms with Gasteiger partial charge in [0, 0.05) is 20.3 Å². The predicted molar refractivity (Wildman–Crippen MR) is 91.8 cm³/mol. The monoisotopic (exact) mass is 381 g/mol. The molecular formula is C15H16FN5O4S. The van der Waals surface area contributed by atoms with Gasteiger partial charge in [-0.2, -0.15) is 8.42 Å². The van der Waals surface area contributed by atoms with Crippen molar-refractivity contribution >= 4 is 32.7 Å². The number of hydrogen-bond acceptors (Lipinski definition) is 5. The molecule has 0 bridgehead atoms. The Morgan fingerprint density at radius 3 is 2.88 bits per heavy atom. The Kier molecular flexibility index (Phi) is 4.55. The van der Waals surface area contributed by atoms with E-state index < -0.39 is 34.1 Å². The molecule has 0 spiro atoms. The van der Waals surface area contributed by atoms with Crippen molar-refractivity contribution in [2.45, 2.75) is 5.03 Å². The first-order valence-electron chi connectivity index (χ1n) is 7.46. The molecule has 0 aliphatic rings. The summed E-state index contributed by atoms with van der Waals surface area (Å²) < 4.78 is 48.8. The first-order chi connectivity index (χ1) is 12.3. The van der Waals surface area contributed by atoms with Gasteiger partial charge in [-0.25, -0.2) is 9.37 Å². The second-order valence-electron chi connectivity index (χ2n) is 5.39. The smallest absolute Gasteiger partial charge is 0.277 e. The van der Waals surface area contributed by atoms with Crippen LogP contribution in [0.5, 0.6) is 5.75 Å².